The molecule has 0 radical (unpaired) electrons. The largest absolute Gasteiger partial charge is 0.496 e. The standard InChI is InChI=1S/C22H29N3O4/c1-21(2)12-22(14-26)13-25(11-17(21)22)19(27)10-6-9-18-23-20(24-29-18)15-7-4-5-8-16(15)28-3/h4-5,7-8,17,26H,6,9-14H2,1-3H3/t17-,22-/m1/s1. The Hall–Kier alpha value is -2.41. The minimum atomic E-state index is -0.0880. The molecule has 1 N–H and O–H groups in total. The van der Waals surface area contributed by atoms with Crippen LogP contribution in [0.5, 0.6) is 5.75 Å². The number of aryl methyl sites for hydroxylation is 1. The second-order valence-electron chi connectivity index (χ2n) is 9.08. The van der Waals surface area contributed by atoms with Gasteiger partial charge in [-0.1, -0.05) is 31.1 Å². The fraction of sp³-hybridized carbons (Fsp3) is 0.591. The Labute approximate surface area is 171 Å². The summed E-state index contributed by atoms with van der Waals surface area (Å²) in [7, 11) is 1.61. The molecule has 1 saturated heterocycles. The Morgan fingerprint density at radius 1 is 1.38 bits per heavy atom. The van der Waals surface area contributed by atoms with Gasteiger partial charge in [0.2, 0.25) is 17.6 Å². The zero-order valence-electron chi connectivity index (χ0n) is 17.4. The van der Waals surface area contributed by atoms with Crippen LogP contribution in [0, 0.1) is 16.7 Å². The number of hydrogen-bond donors (Lipinski definition) is 1. The van der Waals surface area contributed by atoms with E-state index in [0.717, 1.165) is 18.5 Å². The predicted molar refractivity (Wildman–Crippen MR) is 107 cm³/mol. The van der Waals surface area contributed by atoms with E-state index in [1.165, 1.54) is 0 Å². The van der Waals surface area contributed by atoms with Crippen molar-refractivity contribution in [1.29, 1.82) is 0 Å². The van der Waals surface area contributed by atoms with Crippen molar-refractivity contribution in [3.05, 3.63) is 30.2 Å². The van der Waals surface area contributed by atoms with Gasteiger partial charge in [-0.3, -0.25) is 4.79 Å². The summed E-state index contributed by atoms with van der Waals surface area (Å²) >= 11 is 0. The van der Waals surface area contributed by atoms with Crippen molar-refractivity contribution in [2.45, 2.75) is 39.5 Å². The highest BCUT2D eigenvalue weighted by atomic mass is 16.5. The van der Waals surface area contributed by atoms with E-state index in [4.69, 9.17) is 9.26 Å². The number of ether oxygens (including phenoxy) is 1. The molecule has 1 saturated carbocycles. The molecule has 2 aromatic rings. The Morgan fingerprint density at radius 2 is 2.17 bits per heavy atom. The van der Waals surface area contributed by atoms with E-state index in [2.05, 4.69) is 24.0 Å². The number of methoxy groups -OCH3 is 1. The number of carbonyl (C=O) groups excluding carboxylic acids is 1. The fourth-order valence-electron chi connectivity index (χ4n) is 5.37. The molecule has 1 amide bonds. The van der Waals surface area contributed by atoms with E-state index in [9.17, 15) is 9.90 Å². The molecule has 156 valence electrons. The molecule has 7 heteroatoms. The van der Waals surface area contributed by atoms with Crippen molar-refractivity contribution in [2.24, 2.45) is 16.7 Å². The van der Waals surface area contributed by atoms with E-state index < -0.39 is 0 Å². The summed E-state index contributed by atoms with van der Waals surface area (Å²) in [5.74, 6) is 2.25. The molecule has 0 bridgehead atoms. The van der Waals surface area contributed by atoms with Gasteiger partial charge in [-0.05, 0) is 36.3 Å². The first-order valence-electron chi connectivity index (χ1n) is 10.2. The van der Waals surface area contributed by atoms with Gasteiger partial charge in [0.1, 0.15) is 5.75 Å². The smallest absolute Gasteiger partial charge is 0.226 e. The predicted octanol–water partition coefficient (Wildman–Crippen LogP) is 2.93. The second-order valence-corrected chi connectivity index (χ2v) is 9.08. The molecule has 1 aliphatic carbocycles. The first-order chi connectivity index (χ1) is 13.9. The van der Waals surface area contributed by atoms with Gasteiger partial charge in [0.15, 0.2) is 0 Å². The van der Waals surface area contributed by atoms with Gasteiger partial charge in [0.05, 0.1) is 19.3 Å². The summed E-state index contributed by atoms with van der Waals surface area (Å²) in [4.78, 5) is 19.1. The van der Waals surface area contributed by atoms with Crippen molar-refractivity contribution in [1.82, 2.24) is 15.0 Å². The molecular weight excluding hydrogens is 370 g/mol. The van der Waals surface area contributed by atoms with Crippen LogP contribution in [0.25, 0.3) is 11.4 Å². The number of hydrogen-bond acceptors (Lipinski definition) is 6. The lowest BCUT2D eigenvalue weighted by Gasteiger charge is -2.55. The maximum absolute atomic E-state index is 12.7. The van der Waals surface area contributed by atoms with Crippen LogP contribution in [0.1, 0.15) is 39.0 Å². The summed E-state index contributed by atoms with van der Waals surface area (Å²) in [6.45, 7) is 6.06. The summed E-state index contributed by atoms with van der Waals surface area (Å²) in [6.07, 6.45) is 2.64. The molecule has 2 aliphatic rings. The van der Waals surface area contributed by atoms with Crippen LogP contribution in [0.15, 0.2) is 28.8 Å². The average molecular weight is 399 g/mol. The van der Waals surface area contributed by atoms with Crippen LogP contribution in [-0.2, 0) is 11.2 Å². The molecule has 2 heterocycles. The molecule has 1 aromatic carbocycles. The number of para-hydroxylation sites is 1. The third-order valence-corrected chi connectivity index (χ3v) is 6.66. The normalized spacial score (nSPS) is 24.8. The van der Waals surface area contributed by atoms with E-state index in [-0.39, 0.29) is 23.3 Å². The van der Waals surface area contributed by atoms with Gasteiger partial charge in [-0.25, -0.2) is 0 Å². The van der Waals surface area contributed by atoms with Crippen molar-refractivity contribution < 1.29 is 19.2 Å². The van der Waals surface area contributed by atoms with Crippen LogP contribution in [0.2, 0.25) is 0 Å². The molecule has 0 spiro atoms. The van der Waals surface area contributed by atoms with Crippen LogP contribution >= 0.6 is 0 Å². The molecule has 7 nitrogen and oxygen atoms in total. The fourth-order valence-corrected chi connectivity index (χ4v) is 5.37. The lowest BCUT2D eigenvalue weighted by molar-refractivity contribution is -0.130. The van der Waals surface area contributed by atoms with Crippen LogP contribution < -0.4 is 4.74 Å². The number of nitrogens with zero attached hydrogens (tertiary/aromatic N) is 3. The van der Waals surface area contributed by atoms with E-state index in [1.54, 1.807) is 7.11 Å². The number of aliphatic hydroxyl groups is 1. The minimum Gasteiger partial charge on any atom is -0.496 e. The van der Waals surface area contributed by atoms with E-state index >= 15 is 0 Å². The van der Waals surface area contributed by atoms with Gasteiger partial charge in [-0.2, -0.15) is 4.98 Å². The van der Waals surface area contributed by atoms with Crippen molar-refractivity contribution in [3.8, 4) is 17.1 Å². The second kappa shape index (κ2) is 7.44. The highest BCUT2D eigenvalue weighted by Crippen LogP contribution is 2.62. The highest BCUT2D eigenvalue weighted by Gasteiger charge is 2.62. The number of fused-ring (bicyclic) bond motifs is 1. The number of aromatic nitrogens is 2. The quantitative estimate of drug-likeness (QED) is 0.770. The van der Waals surface area contributed by atoms with Gasteiger partial charge < -0.3 is 19.3 Å². The molecule has 2 fully saturated rings. The van der Waals surface area contributed by atoms with Gasteiger partial charge in [-0.15, -0.1) is 0 Å². The third kappa shape index (κ3) is 3.52. The lowest BCUT2D eigenvalue weighted by Crippen LogP contribution is -2.54. The zero-order chi connectivity index (χ0) is 20.6. The van der Waals surface area contributed by atoms with Crippen LogP contribution in [0.3, 0.4) is 0 Å². The Bertz CT molecular complexity index is 894. The number of benzene rings is 1. The Balaban J connectivity index is 1.31. The highest BCUT2D eigenvalue weighted by molar-refractivity contribution is 5.76. The zero-order valence-corrected chi connectivity index (χ0v) is 17.4. The van der Waals surface area contributed by atoms with E-state index in [1.807, 2.05) is 29.2 Å². The van der Waals surface area contributed by atoms with Gasteiger partial charge in [0.25, 0.3) is 0 Å². The minimum absolute atomic E-state index is 0.0880. The molecular formula is C22H29N3O4. The molecule has 2 atom stereocenters. The topological polar surface area (TPSA) is 88.7 Å². The number of rotatable bonds is 7. The van der Waals surface area contributed by atoms with Crippen LogP contribution in [-0.4, -0.2) is 52.9 Å². The van der Waals surface area contributed by atoms with Gasteiger partial charge >= 0.3 is 0 Å². The summed E-state index contributed by atoms with van der Waals surface area (Å²) in [6, 6.07) is 7.53. The Kier molecular flexibility index (Phi) is 5.11. The molecule has 0 unspecified atom stereocenters. The van der Waals surface area contributed by atoms with Crippen molar-refractivity contribution >= 4 is 5.91 Å². The summed E-state index contributed by atoms with van der Waals surface area (Å²) in [5.41, 5.74) is 0.900. The maximum Gasteiger partial charge on any atom is 0.226 e. The number of carbonyl (C=O) groups is 1. The summed E-state index contributed by atoms with van der Waals surface area (Å²) in [5, 5.41) is 13.9. The average Bonchev–Trinajstić information content (AvgIpc) is 3.31. The first-order valence-corrected chi connectivity index (χ1v) is 10.2. The molecule has 29 heavy (non-hydrogen) atoms. The SMILES string of the molecule is COc1ccccc1-c1noc(CCCC(=O)N2C[C@@H]3C(C)(C)C[C@]3(CO)C2)n1. The van der Waals surface area contributed by atoms with E-state index in [0.29, 0.717) is 49.2 Å². The molecule has 1 aliphatic heterocycles. The third-order valence-electron chi connectivity index (χ3n) is 6.66. The lowest BCUT2D eigenvalue weighted by atomic mass is 9.48. The number of amides is 1. The maximum atomic E-state index is 12.7. The van der Waals surface area contributed by atoms with Crippen LogP contribution in [0.4, 0.5) is 0 Å². The molecule has 1 aromatic heterocycles. The Morgan fingerprint density at radius 3 is 2.86 bits per heavy atom. The monoisotopic (exact) mass is 399 g/mol. The first kappa shape index (κ1) is 19.9. The number of likely N-dealkylation sites (tertiary alicyclic amines) is 1. The summed E-state index contributed by atoms with van der Waals surface area (Å²) < 4.78 is 10.7. The number of aliphatic hydroxyl groups excluding tert-OH is 1. The van der Waals surface area contributed by atoms with Crippen molar-refractivity contribution in [3.63, 3.8) is 0 Å². The van der Waals surface area contributed by atoms with Crippen molar-refractivity contribution in [2.75, 3.05) is 26.8 Å². The van der Waals surface area contributed by atoms with Gasteiger partial charge in [0, 0.05) is 31.3 Å². The molecule has 4 rings (SSSR count).